The van der Waals surface area contributed by atoms with Gasteiger partial charge in [0.1, 0.15) is 5.82 Å². The van der Waals surface area contributed by atoms with Crippen LogP contribution in [0.15, 0.2) is 30.3 Å². The molecule has 1 aromatic carbocycles. The van der Waals surface area contributed by atoms with Crippen LogP contribution in [0.3, 0.4) is 0 Å². The minimum atomic E-state index is 0.355. The van der Waals surface area contributed by atoms with Crippen LogP contribution in [-0.4, -0.2) is 28.0 Å². The highest BCUT2D eigenvalue weighted by Gasteiger charge is 2.12. The Kier molecular flexibility index (Phi) is 5.36. The molecule has 0 bridgehead atoms. The number of para-hydroxylation sites is 1. The van der Waals surface area contributed by atoms with Gasteiger partial charge < -0.3 is 4.74 Å². The Balaban J connectivity index is 2.18. The molecule has 0 N–H and O–H groups in total. The summed E-state index contributed by atoms with van der Waals surface area (Å²) < 4.78 is 7.38. The number of aromatic nitrogens is 3. The molecule has 2 aromatic rings. The molecule has 0 saturated heterocycles. The standard InChI is InChI=1S/C14H18ClN3O/c1-2-19-10-6-9-13-16-17-14(11-15)18(13)12-7-4-3-5-8-12/h3-5,7-8H,2,6,9-11H2,1H3. The van der Waals surface area contributed by atoms with Crippen LogP contribution in [0, 0.1) is 0 Å². The average Bonchev–Trinajstić information content (AvgIpc) is 2.87. The van der Waals surface area contributed by atoms with Gasteiger partial charge in [-0.1, -0.05) is 18.2 Å². The minimum Gasteiger partial charge on any atom is -0.382 e. The Bertz CT molecular complexity index is 499. The molecular weight excluding hydrogens is 262 g/mol. The maximum absolute atomic E-state index is 5.93. The Hall–Kier alpha value is -1.39. The predicted octanol–water partition coefficient (Wildman–Crippen LogP) is 2.98. The van der Waals surface area contributed by atoms with Crippen molar-refractivity contribution < 1.29 is 4.74 Å². The molecule has 19 heavy (non-hydrogen) atoms. The molecule has 0 amide bonds. The summed E-state index contributed by atoms with van der Waals surface area (Å²) in [5, 5.41) is 8.38. The molecule has 0 unspecified atom stereocenters. The van der Waals surface area contributed by atoms with Gasteiger partial charge in [0.05, 0.1) is 5.88 Å². The number of hydrogen-bond acceptors (Lipinski definition) is 3. The summed E-state index contributed by atoms with van der Waals surface area (Å²) in [6, 6.07) is 10.1. The Morgan fingerprint density at radius 2 is 1.89 bits per heavy atom. The topological polar surface area (TPSA) is 39.9 Å². The molecule has 0 radical (unpaired) electrons. The molecule has 5 heteroatoms. The highest BCUT2D eigenvalue weighted by atomic mass is 35.5. The van der Waals surface area contributed by atoms with E-state index in [-0.39, 0.29) is 0 Å². The summed E-state index contributed by atoms with van der Waals surface area (Å²) in [7, 11) is 0. The van der Waals surface area contributed by atoms with Crippen molar-refractivity contribution in [3.63, 3.8) is 0 Å². The smallest absolute Gasteiger partial charge is 0.152 e. The van der Waals surface area contributed by atoms with Crippen molar-refractivity contribution in [3.05, 3.63) is 42.0 Å². The first-order chi connectivity index (χ1) is 9.36. The monoisotopic (exact) mass is 279 g/mol. The van der Waals surface area contributed by atoms with E-state index in [0.717, 1.165) is 43.4 Å². The van der Waals surface area contributed by atoms with Crippen LogP contribution < -0.4 is 0 Å². The fourth-order valence-electron chi connectivity index (χ4n) is 1.95. The molecule has 2 rings (SSSR count). The first kappa shape index (κ1) is 14.0. The van der Waals surface area contributed by atoms with E-state index in [0.29, 0.717) is 5.88 Å². The second-order valence-electron chi connectivity index (χ2n) is 4.14. The van der Waals surface area contributed by atoms with Gasteiger partial charge in [-0.05, 0) is 25.5 Å². The fraction of sp³-hybridized carbons (Fsp3) is 0.429. The van der Waals surface area contributed by atoms with E-state index in [4.69, 9.17) is 16.3 Å². The van der Waals surface area contributed by atoms with E-state index in [1.807, 2.05) is 41.8 Å². The van der Waals surface area contributed by atoms with Crippen molar-refractivity contribution in [2.45, 2.75) is 25.6 Å². The summed E-state index contributed by atoms with van der Waals surface area (Å²) in [6.07, 6.45) is 1.76. The summed E-state index contributed by atoms with van der Waals surface area (Å²) in [6.45, 7) is 3.49. The molecule has 1 aromatic heterocycles. The van der Waals surface area contributed by atoms with Crippen molar-refractivity contribution >= 4 is 11.6 Å². The van der Waals surface area contributed by atoms with E-state index in [1.54, 1.807) is 0 Å². The molecule has 0 spiro atoms. The fourth-order valence-corrected chi connectivity index (χ4v) is 2.13. The number of nitrogens with zero attached hydrogens (tertiary/aromatic N) is 3. The van der Waals surface area contributed by atoms with Crippen molar-refractivity contribution in [1.29, 1.82) is 0 Å². The molecule has 0 atom stereocenters. The van der Waals surface area contributed by atoms with Gasteiger partial charge >= 0.3 is 0 Å². The van der Waals surface area contributed by atoms with Gasteiger partial charge in [0.2, 0.25) is 0 Å². The summed E-state index contributed by atoms with van der Waals surface area (Å²) >= 11 is 5.93. The number of hydrogen-bond donors (Lipinski definition) is 0. The number of rotatable bonds is 7. The molecule has 0 saturated carbocycles. The lowest BCUT2D eigenvalue weighted by Crippen LogP contribution is -2.06. The van der Waals surface area contributed by atoms with Crippen molar-refractivity contribution in [2.75, 3.05) is 13.2 Å². The second-order valence-corrected chi connectivity index (χ2v) is 4.40. The molecule has 4 nitrogen and oxygen atoms in total. The van der Waals surface area contributed by atoms with Crippen LogP contribution in [0.25, 0.3) is 5.69 Å². The highest BCUT2D eigenvalue weighted by Crippen LogP contribution is 2.15. The SMILES string of the molecule is CCOCCCc1nnc(CCl)n1-c1ccccc1. The van der Waals surface area contributed by atoms with Gasteiger partial charge in [-0.2, -0.15) is 0 Å². The average molecular weight is 280 g/mol. The number of aryl methyl sites for hydroxylation is 1. The molecule has 0 fully saturated rings. The summed E-state index contributed by atoms with van der Waals surface area (Å²) in [5.41, 5.74) is 1.05. The zero-order valence-electron chi connectivity index (χ0n) is 11.1. The number of alkyl halides is 1. The Morgan fingerprint density at radius 1 is 1.16 bits per heavy atom. The maximum Gasteiger partial charge on any atom is 0.152 e. The van der Waals surface area contributed by atoms with Gasteiger partial charge in [0.15, 0.2) is 5.82 Å². The first-order valence-corrected chi connectivity index (χ1v) is 7.02. The van der Waals surface area contributed by atoms with E-state index in [2.05, 4.69) is 10.2 Å². The molecule has 0 aliphatic rings. The van der Waals surface area contributed by atoms with Gasteiger partial charge in [-0.25, -0.2) is 0 Å². The Labute approximate surface area is 118 Å². The van der Waals surface area contributed by atoms with Crippen molar-refractivity contribution in [2.24, 2.45) is 0 Å². The van der Waals surface area contributed by atoms with Crippen LogP contribution >= 0.6 is 11.6 Å². The minimum absolute atomic E-state index is 0.355. The maximum atomic E-state index is 5.93. The first-order valence-electron chi connectivity index (χ1n) is 6.49. The number of halogens is 1. The van der Waals surface area contributed by atoms with E-state index in [1.165, 1.54) is 0 Å². The Morgan fingerprint density at radius 3 is 2.58 bits per heavy atom. The van der Waals surface area contributed by atoms with Crippen LogP contribution in [-0.2, 0) is 17.0 Å². The molecule has 0 aliphatic heterocycles. The van der Waals surface area contributed by atoms with E-state index in [9.17, 15) is 0 Å². The number of ether oxygens (including phenoxy) is 1. The lowest BCUT2D eigenvalue weighted by Gasteiger charge is -2.09. The van der Waals surface area contributed by atoms with Crippen LogP contribution in [0.5, 0.6) is 0 Å². The van der Waals surface area contributed by atoms with Crippen LogP contribution in [0.1, 0.15) is 25.0 Å². The third kappa shape index (κ3) is 3.55. The third-order valence-electron chi connectivity index (χ3n) is 2.82. The quantitative estimate of drug-likeness (QED) is 0.578. The summed E-state index contributed by atoms with van der Waals surface area (Å²) in [5.74, 6) is 2.06. The third-order valence-corrected chi connectivity index (χ3v) is 3.06. The number of benzene rings is 1. The van der Waals surface area contributed by atoms with Crippen LogP contribution in [0.2, 0.25) is 0 Å². The van der Waals surface area contributed by atoms with Gasteiger partial charge in [-0.3, -0.25) is 4.57 Å². The summed E-state index contributed by atoms with van der Waals surface area (Å²) in [4.78, 5) is 0. The van der Waals surface area contributed by atoms with Gasteiger partial charge in [0.25, 0.3) is 0 Å². The van der Waals surface area contributed by atoms with E-state index < -0.39 is 0 Å². The molecular formula is C14H18ClN3O. The highest BCUT2D eigenvalue weighted by molar-refractivity contribution is 6.16. The van der Waals surface area contributed by atoms with Crippen LogP contribution in [0.4, 0.5) is 0 Å². The lowest BCUT2D eigenvalue weighted by molar-refractivity contribution is 0.144. The zero-order valence-corrected chi connectivity index (χ0v) is 11.8. The molecule has 1 heterocycles. The predicted molar refractivity (Wildman–Crippen MR) is 75.7 cm³/mol. The molecule has 102 valence electrons. The second kappa shape index (κ2) is 7.26. The zero-order chi connectivity index (χ0) is 13.5. The van der Waals surface area contributed by atoms with Crippen molar-refractivity contribution in [3.8, 4) is 5.69 Å². The van der Waals surface area contributed by atoms with Gasteiger partial charge in [-0.15, -0.1) is 21.8 Å². The van der Waals surface area contributed by atoms with E-state index >= 15 is 0 Å². The molecule has 0 aliphatic carbocycles. The van der Waals surface area contributed by atoms with Gasteiger partial charge in [0, 0.05) is 25.3 Å². The lowest BCUT2D eigenvalue weighted by atomic mass is 10.2. The normalized spacial score (nSPS) is 10.8. The van der Waals surface area contributed by atoms with Crippen molar-refractivity contribution in [1.82, 2.24) is 14.8 Å². The largest absolute Gasteiger partial charge is 0.382 e.